The van der Waals surface area contributed by atoms with Gasteiger partial charge in [0.1, 0.15) is 5.75 Å². The van der Waals surface area contributed by atoms with Crippen LogP contribution in [0.2, 0.25) is 5.02 Å². The maximum absolute atomic E-state index is 13.0. The Morgan fingerprint density at radius 1 is 0.966 bits per heavy atom. The van der Waals surface area contributed by atoms with Crippen LogP contribution in [-0.4, -0.2) is 24.8 Å². The van der Waals surface area contributed by atoms with Gasteiger partial charge in [-0.3, -0.25) is 14.4 Å². The second-order valence-corrected chi connectivity index (χ2v) is 6.74. The molecule has 0 saturated heterocycles. The van der Waals surface area contributed by atoms with Crippen molar-refractivity contribution in [3.63, 3.8) is 0 Å². The average molecular weight is 407 g/mol. The number of halogens is 1. The van der Waals surface area contributed by atoms with Gasteiger partial charge < -0.3 is 10.1 Å². The molecular weight excluding hydrogens is 392 g/mol. The molecule has 0 unspecified atom stereocenters. The molecule has 6 nitrogen and oxygen atoms in total. The molecule has 0 aliphatic carbocycles. The first-order valence-electron chi connectivity index (χ1n) is 8.73. The molecule has 144 valence electrons. The monoisotopic (exact) mass is 406 g/mol. The second kappa shape index (κ2) is 7.41. The number of nitrogens with one attached hydrogen (secondary N) is 1. The van der Waals surface area contributed by atoms with Gasteiger partial charge in [0.05, 0.1) is 35.2 Å². The largest absolute Gasteiger partial charge is 0.496 e. The van der Waals surface area contributed by atoms with Crippen LogP contribution in [0.4, 0.5) is 11.4 Å². The van der Waals surface area contributed by atoms with Gasteiger partial charge in [-0.15, -0.1) is 0 Å². The topological polar surface area (TPSA) is 75.7 Å². The third kappa shape index (κ3) is 3.23. The Kier molecular flexibility index (Phi) is 4.78. The van der Waals surface area contributed by atoms with E-state index in [0.29, 0.717) is 16.5 Å². The Bertz CT molecular complexity index is 1140. The summed E-state index contributed by atoms with van der Waals surface area (Å²) in [6.07, 6.45) is 0. The molecule has 0 bridgehead atoms. The highest BCUT2D eigenvalue weighted by atomic mass is 35.5. The zero-order chi connectivity index (χ0) is 20.5. The number of carbonyl (C=O) groups excluding carboxylic acids is 3. The van der Waals surface area contributed by atoms with Crippen LogP contribution in [0, 0.1) is 0 Å². The third-order valence-electron chi connectivity index (χ3n) is 4.58. The number of amides is 3. The van der Waals surface area contributed by atoms with Crippen LogP contribution in [0.3, 0.4) is 0 Å². The van der Waals surface area contributed by atoms with Gasteiger partial charge >= 0.3 is 0 Å². The minimum absolute atomic E-state index is 0.149. The van der Waals surface area contributed by atoms with Gasteiger partial charge in [0.2, 0.25) is 0 Å². The zero-order valence-electron chi connectivity index (χ0n) is 15.3. The van der Waals surface area contributed by atoms with Gasteiger partial charge in [0.25, 0.3) is 17.7 Å². The van der Waals surface area contributed by atoms with E-state index >= 15 is 0 Å². The smallest absolute Gasteiger partial charge is 0.268 e. The van der Waals surface area contributed by atoms with E-state index in [2.05, 4.69) is 5.32 Å². The highest BCUT2D eigenvalue weighted by Gasteiger charge is 2.38. The predicted molar refractivity (Wildman–Crippen MR) is 110 cm³/mol. The lowest BCUT2D eigenvalue weighted by molar-refractivity contribution is 0.0926. The van der Waals surface area contributed by atoms with Crippen LogP contribution in [0.25, 0.3) is 0 Å². The summed E-state index contributed by atoms with van der Waals surface area (Å²) < 4.78 is 5.22. The number of hydrogen-bond donors (Lipinski definition) is 1. The quantitative estimate of drug-likeness (QED) is 0.651. The van der Waals surface area contributed by atoms with Crippen LogP contribution in [0.5, 0.6) is 5.75 Å². The SMILES string of the molecule is COc1ccc(Cl)cc1C(=O)Nc1cccc2c1C(=O)N(c1ccccc1)C2=O. The summed E-state index contributed by atoms with van der Waals surface area (Å²) in [4.78, 5) is 39.8. The highest BCUT2D eigenvalue weighted by Crippen LogP contribution is 2.33. The fourth-order valence-electron chi connectivity index (χ4n) is 3.25. The Labute approximate surface area is 171 Å². The summed E-state index contributed by atoms with van der Waals surface area (Å²) in [7, 11) is 1.44. The lowest BCUT2D eigenvalue weighted by atomic mass is 10.1. The van der Waals surface area contributed by atoms with Crippen LogP contribution >= 0.6 is 11.6 Å². The number of ether oxygens (including phenoxy) is 1. The first-order chi connectivity index (χ1) is 14.0. The molecule has 29 heavy (non-hydrogen) atoms. The normalized spacial score (nSPS) is 12.7. The lowest BCUT2D eigenvalue weighted by Crippen LogP contribution is -2.29. The average Bonchev–Trinajstić information content (AvgIpc) is 2.99. The Morgan fingerprint density at radius 2 is 1.72 bits per heavy atom. The van der Waals surface area contributed by atoms with Crippen molar-refractivity contribution in [1.29, 1.82) is 0 Å². The maximum atomic E-state index is 13.0. The number of methoxy groups -OCH3 is 1. The summed E-state index contributed by atoms with van der Waals surface area (Å²) in [6, 6.07) is 18.1. The summed E-state index contributed by atoms with van der Waals surface area (Å²) in [6.45, 7) is 0. The predicted octanol–water partition coefficient (Wildman–Crippen LogP) is 4.40. The minimum atomic E-state index is -0.504. The van der Waals surface area contributed by atoms with E-state index < -0.39 is 17.7 Å². The lowest BCUT2D eigenvalue weighted by Gasteiger charge is -2.14. The number of imide groups is 1. The first-order valence-corrected chi connectivity index (χ1v) is 9.11. The van der Waals surface area contributed by atoms with E-state index in [-0.39, 0.29) is 22.4 Å². The number of hydrogen-bond acceptors (Lipinski definition) is 4. The summed E-state index contributed by atoms with van der Waals surface area (Å²) >= 11 is 6.00. The van der Waals surface area contributed by atoms with Crippen molar-refractivity contribution in [3.05, 3.63) is 88.4 Å². The van der Waals surface area contributed by atoms with Crippen molar-refractivity contribution in [2.45, 2.75) is 0 Å². The van der Waals surface area contributed by atoms with E-state index in [4.69, 9.17) is 16.3 Å². The number of rotatable bonds is 4. The molecule has 4 rings (SSSR count). The van der Waals surface area contributed by atoms with Gasteiger partial charge in [-0.1, -0.05) is 35.9 Å². The van der Waals surface area contributed by atoms with Gasteiger partial charge in [-0.05, 0) is 42.5 Å². The molecule has 0 spiro atoms. The van der Waals surface area contributed by atoms with Crippen molar-refractivity contribution < 1.29 is 19.1 Å². The molecule has 1 aliphatic heterocycles. The first kappa shape index (κ1) is 18.7. The number of carbonyl (C=O) groups is 3. The van der Waals surface area contributed by atoms with Crippen LogP contribution in [0.1, 0.15) is 31.1 Å². The van der Waals surface area contributed by atoms with Crippen molar-refractivity contribution in [2.24, 2.45) is 0 Å². The molecule has 7 heteroatoms. The van der Waals surface area contributed by atoms with Crippen LogP contribution in [0.15, 0.2) is 66.7 Å². The molecule has 3 amide bonds. The highest BCUT2D eigenvalue weighted by molar-refractivity contribution is 6.36. The Hall–Kier alpha value is -3.64. The van der Waals surface area contributed by atoms with Gasteiger partial charge in [0, 0.05) is 5.02 Å². The molecule has 1 heterocycles. The van der Waals surface area contributed by atoms with Gasteiger partial charge in [0.15, 0.2) is 0 Å². The number of anilines is 2. The van der Waals surface area contributed by atoms with E-state index in [1.54, 1.807) is 60.7 Å². The second-order valence-electron chi connectivity index (χ2n) is 6.31. The molecule has 1 N–H and O–H groups in total. The third-order valence-corrected chi connectivity index (χ3v) is 4.82. The number of nitrogens with zero attached hydrogens (tertiary/aromatic N) is 1. The summed E-state index contributed by atoms with van der Waals surface area (Å²) in [5, 5.41) is 3.08. The minimum Gasteiger partial charge on any atom is -0.496 e. The van der Waals surface area contributed by atoms with Crippen LogP contribution in [-0.2, 0) is 0 Å². The van der Waals surface area contributed by atoms with Gasteiger partial charge in [-0.25, -0.2) is 4.90 Å². The van der Waals surface area contributed by atoms with E-state index in [0.717, 1.165) is 4.90 Å². The number of para-hydroxylation sites is 1. The Morgan fingerprint density at radius 3 is 2.45 bits per heavy atom. The molecule has 1 aliphatic rings. The summed E-state index contributed by atoms with van der Waals surface area (Å²) in [5.74, 6) is -1.10. The fourth-order valence-corrected chi connectivity index (χ4v) is 3.42. The van der Waals surface area contributed by atoms with Crippen molar-refractivity contribution in [3.8, 4) is 5.75 Å². The Balaban J connectivity index is 1.72. The van der Waals surface area contributed by atoms with E-state index in [9.17, 15) is 14.4 Å². The molecule has 0 fully saturated rings. The molecule has 0 saturated carbocycles. The van der Waals surface area contributed by atoms with Crippen LogP contribution < -0.4 is 15.0 Å². The van der Waals surface area contributed by atoms with E-state index in [1.165, 1.54) is 13.2 Å². The molecule has 0 atom stereocenters. The molecular formula is C22H15ClN2O4. The number of benzene rings is 3. The molecule has 0 aromatic heterocycles. The summed E-state index contributed by atoms with van der Waals surface area (Å²) in [5.41, 5.74) is 1.30. The molecule has 3 aromatic carbocycles. The maximum Gasteiger partial charge on any atom is 0.268 e. The van der Waals surface area contributed by atoms with Crippen molar-refractivity contribution in [1.82, 2.24) is 0 Å². The molecule has 0 radical (unpaired) electrons. The van der Waals surface area contributed by atoms with Crippen molar-refractivity contribution in [2.75, 3.05) is 17.3 Å². The standard InChI is InChI=1S/C22H15ClN2O4/c1-29-18-11-10-13(23)12-16(18)20(26)24-17-9-5-8-15-19(17)22(28)25(21(15)27)14-6-3-2-4-7-14/h2-12H,1H3,(H,24,26). The van der Waals surface area contributed by atoms with Gasteiger partial charge in [-0.2, -0.15) is 0 Å². The zero-order valence-corrected chi connectivity index (χ0v) is 16.1. The number of fused-ring (bicyclic) bond motifs is 1. The van der Waals surface area contributed by atoms with E-state index in [1.807, 2.05) is 0 Å². The fraction of sp³-hybridized carbons (Fsp3) is 0.0455. The van der Waals surface area contributed by atoms with Crippen molar-refractivity contribution >= 4 is 40.7 Å². The molecule has 3 aromatic rings.